The minimum absolute atomic E-state index is 0.106. The van der Waals surface area contributed by atoms with Crippen LogP contribution >= 0.6 is 15.9 Å². The summed E-state index contributed by atoms with van der Waals surface area (Å²) in [5.74, 6) is 0.754. The van der Waals surface area contributed by atoms with Gasteiger partial charge in [-0.1, -0.05) is 48.2 Å². The standard InChI is InChI=1S/C18H27BrFN/c1-2-3-4-14-7-9-18(13-21,10-8-14)12-15-5-6-16(19)11-17(15)20/h5-6,11,14H,2-4,7-10,12-13,21H2,1H3. The quantitative estimate of drug-likeness (QED) is 0.720. The van der Waals surface area contributed by atoms with Crippen LogP contribution in [0.2, 0.25) is 0 Å². The van der Waals surface area contributed by atoms with Crippen molar-refractivity contribution in [2.45, 2.75) is 58.3 Å². The van der Waals surface area contributed by atoms with Gasteiger partial charge in [0.2, 0.25) is 0 Å². The second kappa shape index (κ2) is 7.73. The molecule has 1 saturated carbocycles. The van der Waals surface area contributed by atoms with E-state index in [1.807, 2.05) is 12.1 Å². The lowest BCUT2D eigenvalue weighted by atomic mass is 9.66. The number of unbranched alkanes of at least 4 members (excludes halogenated alkanes) is 1. The molecule has 1 aliphatic carbocycles. The van der Waals surface area contributed by atoms with Gasteiger partial charge in [-0.05, 0) is 67.7 Å². The molecule has 0 aliphatic heterocycles. The summed E-state index contributed by atoms with van der Waals surface area (Å²) in [5.41, 5.74) is 7.00. The molecule has 1 nitrogen and oxygen atoms in total. The first-order valence-electron chi connectivity index (χ1n) is 8.22. The van der Waals surface area contributed by atoms with Gasteiger partial charge in [-0.2, -0.15) is 0 Å². The monoisotopic (exact) mass is 355 g/mol. The SMILES string of the molecule is CCCCC1CCC(CN)(Cc2ccc(Br)cc2F)CC1. The van der Waals surface area contributed by atoms with Crippen molar-refractivity contribution in [2.24, 2.45) is 17.1 Å². The van der Waals surface area contributed by atoms with Crippen molar-refractivity contribution in [2.75, 3.05) is 6.54 Å². The maximum atomic E-state index is 14.1. The third-order valence-electron chi connectivity index (χ3n) is 5.15. The zero-order valence-electron chi connectivity index (χ0n) is 13.0. The molecule has 0 saturated heterocycles. The lowest BCUT2D eigenvalue weighted by molar-refractivity contribution is 0.148. The van der Waals surface area contributed by atoms with E-state index in [-0.39, 0.29) is 11.2 Å². The lowest BCUT2D eigenvalue weighted by Gasteiger charge is -2.40. The van der Waals surface area contributed by atoms with Crippen LogP contribution in [-0.4, -0.2) is 6.54 Å². The molecule has 0 bridgehead atoms. The van der Waals surface area contributed by atoms with E-state index in [1.54, 1.807) is 6.07 Å². The zero-order valence-corrected chi connectivity index (χ0v) is 14.6. The summed E-state index contributed by atoms with van der Waals surface area (Å²) in [4.78, 5) is 0. The van der Waals surface area contributed by atoms with Crippen molar-refractivity contribution in [3.8, 4) is 0 Å². The number of nitrogens with two attached hydrogens (primary N) is 1. The number of halogens is 2. The van der Waals surface area contributed by atoms with Crippen LogP contribution in [-0.2, 0) is 6.42 Å². The molecule has 0 radical (unpaired) electrons. The molecule has 0 amide bonds. The Labute approximate surface area is 136 Å². The Morgan fingerprint density at radius 1 is 1.33 bits per heavy atom. The fourth-order valence-corrected chi connectivity index (χ4v) is 3.93. The average molecular weight is 356 g/mol. The molecule has 2 N–H and O–H groups in total. The molecule has 0 unspecified atom stereocenters. The summed E-state index contributed by atoms with van der Waals surface area (Å²) < 4.78 is 14.9. The molecular formula is C18H27BrFN. The van der Waals surface area contributed by atoms with Gasteiger partial charge in [-0.15, -0.1) is 0 Å². The van der Waals surface area contributed by atoms with Gasteiger partial charge in [0.1, 0.15) is 5.82 Å². The average Bonchev–Trinajstić information content (AvgIpc) is 2.49. The predicted molar refractivity (Wildman–Crippen MR) is 90.8 cm³/mol. The molecule has 2 rings (SSSR count). The van der Waals surface area contributed by atoms with E-state index < -0.39 is 0 Å². The molecule has 0 spiro atoms. The van der Waals surface area contributed by atoms with Gasteiger partial charge in [0.15, 0.2) is 0 Å². The topological polar surface area (TPSA) is 26.0 Å². The van der Waals surface area contributed by atoms with E-state index in [2.05, 4.69) is 22.9 Å². The van der Waals surface area contributed by atoms with E-state index in [4.69, 9.17) is 5.73 Å². The third-order valence-corrected chi connectivity index (χ3v) is 5.64. The predicted octanol–water partition coefficient (Wildman–Crippen LogP) is 5.46. The van der Waals surface area contributed by atoms with Crippen LogP contribution in [0, 0.1) is 17.2 Å². The molecule has 118 valence electrons. The highest BCUT2D eigenvalue weighted by atomic mass is 79.9. The Morgan fingerprint density at radius 2 is 2.05 bits per heavy atom. The highest BCUT2D eigenvalue weighted by Gasteiger charge is 2.34. The van der Waals surface area contributed by atoms with Crippen molar-refractivity contribution in [1.82, 2.24) is 0 Å². The smallest absolute Gasteiger partial charge is 0.127 e. The minimum atomic E-state index is -0.106. The highest BCUT2D eigenvalue weighted by molar-refractivity contribution is 9.10. The van der Waals surface area contributed by atoms with Crippen LogP contribution in [0.15, 0.2) is 22.7 Å². The van der Waals surface area contributed by atoms with Crippen molar-refractivity contribution >= 4 is 15.9 Å². The van der Waals surface area contributed by atoms with Crippen LogP contribution in [0.25, 0.3) is 0 Å². The molecule has 1 fully saturated rings. The first-order valence-corrected chi connectivity index (χ1v) is 9.02. The largest absolute Gasteiger partial charge is 0.330 e. The zero-order chi connectivity index (χ0) is 15.3. The molecule has 3 heteroatoms. The Kier molecular flexibility index (Phi) is 6.24. The fourth-order valence-electron chi connectivity index (χ4n) is 3.59. The summed E-state index contributed by atoms with van der Waals surface area (Å²) in [6.07, 6.45) is 9.56. The Morgan fingerprint density at radius 3 is 2.62 bits per heavy atom. The van der Waals surface area contributed by atoms with E-state index in [1.165, 1.54) is 32.1 Å². The second-order valence-electron chi connectivity index (χ2n) is 6.70. The van der Waals surface area contributed by atoms with Gasteiger partial charge in [0.25, 0.3) is 0 Å². The van der Waals surface area contributed by atoms with Gasteiger partial charge >= 0.3 is 0 Å². The normalized spacial score (nSPS) is 26.0. The van der Waals surface area contributed by atoms with Gasteiger partial charge in [-0.25, -0.2) is 4.39 Å². The van der Waals surface area contributed by atoms with Gasteiger partial charge in [0.05, 0.1) is 0 Å². The maximum absolute atomic E-state index is 14.1. The van der Waals surface area contributed by atoms with Crippen molar-refractivity contribution < 1.29 is 4.39 Å². The summed E-state index contributed by atoms with van der Waals surface area (Å²) >= 11 is 3.32. The lowest BCUT2D eigenvalue weighted by Crippen LogP contribution is -2.37. The number of hydrogen-bond acceptors (Lipinski definition) is 1. The molecule has 1 aliphatic rings. The van der Waals surface area contributed by atoms with Gasteiger partial charge in [0, 0.05) is 4.47 Å². The molecule has 21 heavy (non-hydrogen) atoms. The van der Waals surface area contributed by atoms with E-state index in [9.17, 15) is 4.39 Å². The second-order valence-corrected chi connectivity index (χ2v) is 7.62. The Hall–Kier alpha value is -0.410. The molecule has 1 aromatic rings. The van der Waals surface area contributed by atoms with E-state index >= 15 is 0 Å². The maximum Gasteiger partial charge on any atom is 0.127 e. The molecule has 1 aromatic carbocycles. The first-order chi connectivity index (χ1) is 10.1. The van der Waals surface area contributed by atoms with E-state index in [0.29, 0.717) is 6.54 Å². The Bertz CT molecular complexity index is 453. The molecule has 0 aromatic heterocycles. The fraction of sp³-hybridized carbons (Fsp3) is 0.667. The summed E-state index contributed by atoms with van der Waals surface area (Å²) in [6.45, 7) is 2.92. The molecule has 0 atom stereocenters. The van der Waals surface area contributed by atoms with Gasteiger partial charge in [-0.3, -0.25) is 0 Å². The molecule has 0 heterocycles. The van der Waals surface area contributed by atoms with Crippen molar-refractivity contribution in [1.29, 1.82) is 0 Å². The van der Waals surface area contributed by atoms with Crippen LogP contribution < -0.4 is 5.73 Å². The highest BCUT2D eigenvalue weighted by Crippen LogP contribution is 2.42. The number of benzene rings is 1. The molecular weight excluding hydrogens is 329 g/mol. The van der Waals surface area contributed by atoms with Gasteiger partial charge < -0.3 is 5.73 Å². The minimum Gasteiger partial charge on any atom is -0.330 e. The van der Waals surface area contributed by atoms with Crippen LogP contribution in [0.5, 0.6) is 0 Å². The van der Waals surface area contributed by atoms with E-state index in [0.717, 1.165) is 35.2 Å². The third kappa shape index (κ3) is 4.53. The van der Waals surface area contributed by atoms with Crippen molar-refractivity contribution in [3.63, 3.8) is 0 Å². The van der Waals surface area contributed by atoms with Crippen LogP contribution in [0.3, 0.4) is 0 Å². The van der Waals surface area contributed by atoms with Crippen LogP contribution in [0.1, 0.15) is 57.4 Å². The number of rotatable bonds is 6. The summed E-state index contributed by atoms with van der Waals surface area (Å²) in [5, 5.41) is 0. The first kappa shape index (κ1) is 17.0. The van der Waals surface area contributed by atoms with Crippen molar-refractivity contribution in [3.05, 3.63) is 34.1 Å². The summed E-state index contributed by atoms with van der Waals surface area (Å²) in [7, 11) is 0. The summed E-state index contributed by atoms with van der Waals surface area (Å²) in [6, 6.07) is 5.39. The number of hydrogen-bond donors (Lipinski definition) is 1. The van der Waals surface area contributed by atoms with Crippen LogP contribution in [0.4, 0.5) is 4.39 Å². The Balaban J connectivity index is 1.99.